The average molecular weight is 172 g/mol. The van der Waals surface area contributed by atoms with Gasteiger partial charge in [0.15, 0.2) is 0 Å². The molecule has 13 heavy (non-hydrogen) atoms. The lowest BCUT2D eigenvalue weighted by molar-refractivity contribution is 0.822. The number of hydrogen-bond acceptors (Lipinski definition) is 2. The molecule has 0 spiro atoms. The number of para-hydroxylation sites is 2. The Hall–Kier alpha value is -1.44. The molecule has 0 aliphatic rings. The number of hydrogen-bond donors (Lipinski definition) is 0. The van der Waals surface area contributed by atoms with E-state index >= 15 is 0 Å². The van der Waals surface area contributed by atoms with Crippen molar-refractivity contribution < 1.29 is 0 Å². The van der Waals surface area contributed by atoms with Crippen LogP contribution in [0.15, 0.2) is 30.5 Å². The molecule has 1 heterocycles. The van der Waals surface area contributed by atoms with Gasteiger partial charge in [0.05, 0.1) is 16.7 Å². The van der Waals surface area contributed by atoms with Crippen LogP contribution < -0.4 is 0 Å². The maximum atomic E-state index is 4.51. The van der Waals surface area contributed by atoms with Gasteiger partial charge in [-0.1, -0.05) is 26.0 Å². The molecule has 2 heteroatoms. The lowest BCUT2D eigenvalue weighted by atomic mass is 10.1. The van der Waals surface area contributed by atoms with Crippen LogP contribution in [0.5, 0.6) is 0 Å². The van der Waals surface area contributed by atoms with Gasteiger partial charge in [0, 0.05) is 6.20 Å². The third-order valence-electron chi connectivity index (χ3n) is 2.06. The van der Waals surface area contributed by atoms with Crippen LogP contribution in [0.25, 0.3) is 11.0 Å². The van der Waals surface area contributed by atoms with Crippen LogP contribution in [0.3, 0.4) is 0 Å². The van der Waals surface area contributed by atoms with Gasteiger partial charge in [0.1, 0.15) is 0 Å². The van der Waals surface area contributed by atoms with Crippen LogP contribution in [-0.4, -0.2) is 9.97 Å². The Balaban J connectivity index is 2.62. The standard InChI is InChI=1S/C11H12N2/c1-8(2)11-7-12-9-5-3-4-6-10(9)13-11/h3-8H,1-2H3. The summed E-state index contributed by atoms with van der Waals surface area (Å²) >= 11 is 0. The van der Waals surface area contributed by atoms with E-state index in [-0.39, 0.29) is 0 Å². The first-order valence-corrected chi connectivity index (χ1v) is 4.49. The lowest BCUT2D eigenvalue weighted by Gasteiger charge is -2.04. The fraction of sp³-hybridized carbons (Fsp3) is 0.273. The minimum atomic E-state index is 0.442. The second kappa shape index (κ2) is 3.13. The highest BCUT2D eigenvalue weighted by molar-refractivity contribution is 5.73. The molecule has 2 aromatic rings. The van der Waals surface area contributed by atoms with Gasteiger partial charge in [-0.05, 0) is 18.1 Å². The zero-order valence-electron chi connectivity index (χ0n) is 7.86. The molecule has 0 N–H and O–H groups in total. The van der Waals surface area contributed by atoms with Gasteiger partial charge < -0.3 is 0 Å². The van der Waals surface area contributed by atoms with E-state index in [2.05, 4.69) is 23.8 Å². The van der Waals surface area contributed by atoms with Gasteiger partial charge in [-0.25, -0.2) is 4.98 Å². The van der Waals surface area contributed by atoms with Crippen molar-refractivity contribution in [1.82, 2.24) is 9.97 Å². The van der Waals surface area contributed by atoms with Crippen LogP contribution >= 0.6 is 0 Å². The number of benzene rings is 1. The lowest BCUT2D eigenvalue weighted by Crippen LogP contribution is -1.94. The van der Waals surface area contributed by atoms with Crippen molar-refractivity contribution in [3.05, 3.63) is 36.2 Å². The SMILES string of the molecule is CC(C)c1cnc2ccccc2n1. The third kappa shape index (κ3) is 1.52. The zero-order chi connectivity index (χ0) is 9.26. The van der Waals surface area contributed by atoms with E-state index in [0.29, 0.717) is 5.92 Å². The van der Waals surface area contributed by atoms with Gasteiger partial charge in [-0.15, -0.1) is 0 Å². The van der Waals surface area contributed by atoms with E-state index < -0.39 is 0 Å². The summed E-state index contributed by atoms with van der Waals surface area (Å²) in [6.07, 6.45) is 1.85. The predicted molar refractivity (Wildman–Crippen MR) is 53.6 cm³/mol. The molecular weight excluding hydrogens is 160 g/mol. The van der Waals surface area contributed by atoms with Gasteiger partial charge in [0.25, 0.3) is 0 Å². The Morgan fingerprint density at radius 2 is 1.77 bits per heavy atom. The highest BCUT2D eigenvalue weighted by atomic mass is 14.8. The summed E-state index contributed by atoms with van der Waals surface area (Å²) in [5.74, 6) is 0.442. The smallest absolute Gasteiger partial charge is 0.0890 e. The summed E-state index contributed by atoms with van der Waals surface area (Å²) in [7, 11) is 0. The molecule has 0 saturated carbocycles. The van der Waals surface area contributed by atoms with Crippen LogP contribution in [-0.2, 0) is 0 Å². The van der Waals surface area contributed by atoms with Crippen molar-refractivity contribution in [2.45, 2.75) is 19.8 Å². The quantitative estimate of drug-likeness (QED) is 0.661. The van der Waals surface area contributed by atoms with E-state index in [9.17, 15) is 0 Å². The van der Waals surface area contributed by atoms with Crippen LogP contribution in [0.2, 0.25) is 0 Å². The molecule has 0 bridgehead atoms. The van der Waals surface area contributed by atoms with Crippen molar-refractivity contribution in [3.63, 3.8) is 0 Å². The van der Waals surface area contributed by atoms with Crippen LogP contribution in [0.1, 0.15) is 25.5 Å². The highest BCUT2D eigenvalue weighted by Gasteiger charge is 2.02. The fourth-order valence-electron chi connectivity index (χ4n) is 1.25. The van der Waals surface area contributed by atoms with Crippen molar-refractivity contribution >= 4 is 11.0 Å². The molecule has 0 unspecified atom stereocenters. The molecule has 0 fully saturated rings. The topological polar surface area (TPSA) is 25.8 Å². The largest absolute Gasteiger partial charge is 0.253 e. The maximum absolute atomic E-state index is 4.51. The summed E-state index contributed by atoms with van der Waals surface area (Å²) in [6.45, 7) is 4.25. The van der Waals surface area contributed by atoms with E-state index in [1.54, 1.807) is 0 Å². The highest BCUT2D eigenvalue weighted by Crippen LogP contribution is 2.14. The molecule has 1 aromatic heterocycles. The van der Waals surface area contributed by atoms with Crippen LogP contribution in [0.4, 0.5) is 0 Å². The Morgan fingerprint density at radius 3 is 2.46 bits per heavy atom. The second-order valence-electron chi connectivity index (χ2n) is 3.44. The Bertz CT molecular complexity index is 421. The molecule has 0 atom stereocenters. The monoisotopic (exact) mass is 172 g/mol. The minimum Gasteiger partial charge on any atom is -0.253 e. The Labute approximate surface area is 77.6 Å². The number of fused-ring (bicyclic) bond motifs is 1. The van der Waals surface area contributed by atoms with Crippen molar-refractivity contribution in [2.75, 3.05) is 0 Å². The summed E-state index contributed by atoms with van der Waals surface area (Å²) in [4.78, 5) is 8.85. The number of nitrogens with zero attached hydrogens (tertiary/aromatic N) is 2. The predicted octanol–water partition coefficient (Wildman–Crippen LogP) is 2.75. The molecule has 66 valence electrons. The van der Waals surface area contributed by atoms with E-state index in [1.165, 1.54) is 0 Å². The van der Waals surface area contributed by atoms with E-state index in [1.807, 2.05) is 30.5 Å². The maximum Gasteiger partial charge on any atom is 0.0890 e. The first-order valence-electron chi connectivity index (χ1n) is 4.49. The zero-order valence-corrected chi connectivity index (χ0v) is 7.86. The van der Waals surface area contributed by atoms with Crippen molar-refractivity contribution in [1.29, 1.82) is 0 Å². The van der Waals surface area contributed by atoms with E-state index in [0.717, 1.165) is 16.7 Å². The van der Waals surface area contributed by atoms with Gasteiger partial charge in [-0.2, -0.15) is 0 Å². The second-order valence-corrected chi connectivity index (χ2v) is 3.44. The molecule has 0 aliphatic heterocycles. The third-order valence-corrected chi connectivity index (χ3v) is 2.06. The van der Waals surface area contributed by atoms with Gasteiger partial charge in [0.2, 0.25) is 0 Å². The fourth-order valence-corrected chi connectivity index (χ4v) is 1.25. The van der Waals surface area contributed by atoms with Crippen LogP contribution in [0, 0.1) is 0 Å². The average Bonchev–Trinajstić information content (AvgIpc) is 2.17. The summed E-state index contributed by atoms with van der Waals surface area (Å²) in [5, 5.41) is 0. The molecule has 0 saturated heterocycles. The molecule has 1 aromatic carbocycles. The van der Waals surface area contributed by atoms with Gasteiger partial charge >= 0.3 is 0 Å². The molecule has 0 radical (unpaired) electrons. The normalized spacial score (nSPS) is 11.0. The number of rotatable bonds is 1. The molecule has 2 nitrogen and oxygen atoms in total. The molecular formula is C11H12N2. The summed E-state index contributed by atoms with van der Waals surface area (Å²) in [6, 6.07) is 7.94. The molecule has 2 rings (SSSR count). The van der Waals surface area contributed by atoms with Gasteiger partial charge in [-0.3, -0.25) is 4.98 Å². The van der Waals surface area contributed by atoms with Crippen molar-refractivity contribution in [2.24, 2.45) is 0 Å². The minimum absolute atomic E-state index is 0.442. The molecule has 0 aliphatic carbocycles. The summed E-state index contributed by atoms with van der Waals surface area (Å²) in [5.41, 5.74) is 3.00. The first-order chi connectivity index (χ1) is 6.27. The van der Waals surface area contributed by atoms with E-state index in [4.69, 9.17) is 0 Å². The number of aromatic nitrogens is 2. The summed E-state index contributed by atoms with van der Waals surface area (Å²) < 4.78 is 0. The Kier molecular flexibility index (Phi) is 1.97. The molecule has 0 amide bonds. The Morgan fingerprint density at radius 1 is 1.08 bits per heavy atom. The van der Waals surface area contributed by atoms with Crippen molar-refractivity contribution in [3.8, 4) is 0 Å². The first kappa shape index (κ1) is 8.17.